The summed E-state index contributed by atoms with van der Waals surface area (Å²) >= 11 is 0. The highest BCUT2D eigenvalue weighted by atomic mass is 16.3. The lowest BCUT2D eigenvalue weighted by Gasteiger charge is -2.22. The highest BCUT2D eigenvalue weighted by molar-refractivity contribution is 6.26. The maximum atomic E-state index is 6.63. The summed E-state index contributed by atoms with van der Waals surface area (Å²) in [6.07, 6.45) is 8.79. The Morgan fingerprint density at radius 3 is 1.43 bits per heavy atom. The first-order chi connectivity index (χ1) is 27.8. The standard InChI is InChI=1S/C54H34O2/c1-3-15-33(16-4-1)41-29-43-37-21-11-13-25-49(37)55-51(43)31-47(41)53-39-23-9-10-24-40(39)54(46-28-36-20-8-7-19-35(36)27-45(46)53)48-32-52-44(38-22-12-14-26-50(38)56-52)30-42(48)34-17-5-2-6-18-34/h1-5,7-17,19-32H,6,18H2. The number of rotatable bonds is 4. The van der Waals surface area contributed by atoms with E-state index in [-0.39, 0.29) is 0 Å². The third-order valence-corrected chi connectivity index (χ3v) is 11.9. The summed E-state index contributed by atoms with van der Waals surface area (Å²) in [4.78, 5) is 0. The van der Waals surface area contributed by atoms with Crippen molar-refractivity contribution in [3.8, 4) is 33.4 Å². The van der Waals surface area contributed by atoms with Gasteiger partial charge in [-0.05, 0) is 138 Å². The molecule has 0 aliphatic heterocycles. The van der Waals surface area contributed by atoms with E-state index in [1.165, 1.54) is 71.3 Å². The fourth-order valence-electron chi connectivity index (χ4n) is 9.35. The van der Waals surface area contributed by atoms with Crippen LogP contribution in [-0.2, 0) is 0 Å². The molecule has 12 rings (SSSR count). The lowest BCUT2D eigenvalue weighted by Crippen LogP contribution is -1.97. The molecule has 0 N–H and O–H groups in total. The fraction of sp³-hybridized carbons (Fsp3) is 0.0370. The zero-order valence-electron chi connectivity index (χ0n) is 30.6. The van der Waals surface area contributed by atoms with Gasteiger partial charge in [-0.2, -0.15) is 0 Å². The second-order valence-electron chi connectivity index (χ2n) is 15.0. The van der Waals surface area contributed by atoms with E-state index in [2.05, 4.69) is 176 Å². The first kappa shape index (κ1) is 31.2. The van der Waals surface area contributed by atoms with E-state index in [0.717, 1.165) is 62.3 Å². The molecule has 262 valence electrons. The van der Waals surface area contributed by atoms with Crippen LogP contribution in [-0.4, -0.2) is 0 Å². The smallest absolute Gasteiger partial charge is 0.136 e. The predicted octanol–water partition coefficient (Wildman–Crippen LogP) is 15.7. The van der Waals surface area contributed by atoms with Crippen molar-refractivity contribution in [3.63, 3.8) is 0 Å². The first-order valence-electron chi connectivity index (χ1n) is 19.5. The molecule has 2 heteroatoms. The number of allylic oxidation sites excluding steroid dienone is 4. The summed E-state index contributed by atoms with van der Waals surface area (Å²) in [6, 6.07) is 59.5. The van der Waals surface area contributed by atoms with E-state index in [0.29, 0.717) is 0 Å². The van der Waals surface area contributed by atoms with Crippen LogP contribution in [0.5, 0.6) is 0 Å². The van der Waals surface area contributed by atoms with Crippen LogP contribution in [0.3, 0.4) is 0 Å². The second kappa shape index (κ2) is 12.2. The summed E-state index contributed by atoms with van der Waals surface area (Å²) in [6.45, 7) is 0. The molecular weight excluding hydrogens is 681 g/mol. The molecular formula is C54H34O2. The van der Waals surface area contributed by atoms with Crippen LogP contribution in [0, 0.1) is 0 Å². The van der Waals surface area contributed by atoms with Crippen molar-refractivity contribution < 1.29 is 8.83 Å². The summed E-state index contributed by atoms with van der Waals surface area (Å²) in [7, 11) is 0. The van der Waals surface area contributed by atoms with Gasteiger partial charge >= 0.3 is 0 Å². The van der Waals surface area contributed by atoms with Crippen molar-refractivity contribution in [1.82, 2.24) is 0 Å². The minimum absolute atomic E-state index is 0.887. The van der Waals surface area contributed by atoms with E-state index in [1.54, 1.807) is 0 Å². The number of hydrogen-bond donors (Lipinski definition) is 0. The van der Waals surface area contributed by atoms with Crippen molar-refractivity contribution in [2.45, 2.75) is 12.8 Å². The van der Waals surface area contributed by atoms with Gasteiger partial charge < -0.3 is 8.83 Å². The van der Waals surface area contributed by atoms with Crippen LogP contribution in [0.4, 0.5) is 0 Å². The van der Waals surface area contributed by atoms with E-state index in [1.807, 2.05) is 6.07 Å². The predicted molar refractivity (Wildman–Crippen MR) is 236 cm³/mol. The van der Waals surface area contributed by atoms with Crippen molar-refractivity contribution in [1.29, 1.82) is 0 Å². The van der Waals surface area contributed by atoms with Crippen LogP contribution >= 0.6 is 0 Å². The largest absolute Gasteiger partial charge is 0.456 e. The molecule has 0 amide bonds. The van der Waals surface area contributed by atoms with Gasteiger partial charge in [0.1, 0.15) is 22.3 Å². The lowest BCUT2D eigenvalue weighted by molar-refractivity contribution is 0.668. The second-order valence-corrected chi connectivity index (χ2v) is 15.0. The van der Waals surface area contributed by atoms with Gasteiger partial charge in [0, 0.05) is 21.5 Å². The van der Waals surface area contributed by atoms with Gasteiger partial charge in [0.25, 0.3) is 0 Å². The van der Waals surface area contributed by atoms with Gasteiger partial charge in [0.2, 0.25) is 0 Å². The fourth-order valence-corrected chi connectivity index (χ4v) is 9.35. The van der Waals surface area contributed by atoms with Crippen molar-refractivity contribution in [2.24, 2.45) is 0 Å². The minimum atomic E-state index is 0.887. The molecule has 0 atom stereocenters. The van der Waals surface area contributed by atoms with Gasteiger partial charge in [-0.25, -0.2) is 0 Å². The molecule has 0 saturated heterocycles. The Hall–Kier alpha value is -7.16. The molecule has 0 unspecified atom stereocenters. The Morgan fingerprint density at radius 1 is 0.357 bits per heavy atom. The number of para-hydroxylation sites is 2. The zero-order valence-corrected chi connectivity index (χ0v) is 30.6. The quantitative estimate of drug-likeness (QED) is 0.170. The van der Waals surface area contributed by atoms with Crippen molar-refractivity contribution in [3.05, 3.63) is 188 Å². The Kier molecular flexibility index (Phi) is 6.79. The molecule has 2 aromatic heterocycles. The first-order valence-corrected chi connectivity index (χ1v) is 19.5. The summed E-state index contributed by atoms with van der Waals surface area (Å²) < 4.78 is 13.3. The van der Waals surface area contributed by atoms with Crippen LogP contribution in [0.1, 0.15) is 18.4 Å². The number of hydrogen-bond acceptors (Lipinski definition) is 2. The topological polar surface area (TPSA) is 26.3 Å². The van der Waals surface area contributed by atoms with Crippen molar-refractivity contribution >= 4 is 81.8 Å². The van der Waals surface area contributed by atoms with Gasteiger partial charge in [0.15, 0.2) is 0 Å². The van der Waals surface area contributed by atoms with Crippen LogP contribution in [0.25, 0.3) is 115 Å². The average molecular weight is 715 g/mol. The molecule has 56 heavy (non-hydrogen) atoms. The summed E-state index contributed by atoms with van der Waals surface area (Å²) in [5.41, 5.74) is 13.3. The SMILES string of the molecule is C1=CCCC(c2cc3c(cc2-c2c4ccccc4c(-c4cc5oc6ccccc6c5cc4-c4ccccc4)c4cc5ccccc5cc24)oc2ccccc23)=C1. The van der Waals surface area contributed by atoms with Crippen LogP contribution in [0.15, 0.2) is 191 Å². The molecule has 9 aromatic carbocycles. The number of benzene rings is 9. The molecule has 1 aliphatic carbocycles. The van der Waals surface area contributed by atoms with E-state index in [4.69, 9.17) is 8.83 Å². The zero-order chi connectivity index (χ0) is 36.7. The van der Waals surface area contributed by atoms with Gasteiger partial charge in [-0.3, -0.25) is 0 Å². The molecule has 1 aliphatic rings. The van der Waals surface area contributed by atoms with Gasteiger partial charge in [-0.15, -0.1) is 0 Å². The Bertz CT molecular complexity index is 3460. The lowest BCUT2D eigenvalue weighted by atomic mass is 9.80. The normalized spacial score (nSPS) is 13.2. The molecule has 0 fully saturated rings. The molecule has 0 bridgehead atoms. The Morgan fingerprint density at radius 2 is 0.857 bits per heavy atom. The van der Waals surface area contributed by atoms with E-state index in [9.17, 15) is 0 Å². The monoisotopic (exact) mass is 714 g/mol. The molecule has 2 heterocycles. The molecule has 0 saturated carbocycles. The van der Waals surface area contributed by atoms with Crippen LogP contribution in [0.2, 0.25) is 0 Å². The van der Waals surface area contributed by atoms with E-state index < -0.39 is 0 Å². The minimum Gasteiger partial charge on any atom is -0.456 e. The number of fused-ring (bicyclic) bond motifs is 9. The number of furan rings is 2. The maximum Gasteiger partial charge on any atom is 0.136 e. The van der Waals surface area contributed by atoms with Gasteiger partial charge in [-0.1, -0.05) is 133 Å². The third kappa shape index (κ3) is 4.69. The molecule has 11 aromatic rings. The van der Waals surface area contributed by atoms with E-state index >= 15 is 0 Å². The highest BCUT2D eigenvalue weighted by Gasteiger charge is 2.25. The third-order valence-electron chi connectivity index (χ3n) is 11.9. The maximum absolute atomic E-state index is 6.63. The molecule has 0 spiro atoms. The molecule has 2 nitrogen and oxygen atoms in total. The van der Waals surface area contributed by atoms with Crippen LogP contribution < -0.4 is 0 Å². The summed E-state index contributed by atoms with van der Waals surface area (Å²) in [5.74, 6) is 0. The Balaban J connectivity index is 1.27. The average Bonchev–Trinajstić information content (AvgIpc) is 3.82. The van der Waals surface area contributed by atoms with Crippen molar-refractivity contribution in [2.75, 3.05) is 0 Å². The molecule has 0 radical (unpaired) electrons. The van der Waals surface area contributed by atoms with Gasteiger partial charge in [0.05, 0.1) is 0 Å². The summed E-state index contributed by atoms with van der Waals surface area (Å²) in [5, 5.41) is 11.8. The Labute approximate surface area is 323 Å². The highest BCUT2D eigenvalue weighted by Crippen LogP contribution is 2.51.